The maximum absolute atomic E-state index is 12.2. The van der Waals surface area contributed by atoms with Crippen LogP contribution in [0.3, 0.4) is 0 Å². The van der Waals surface area contributed by atoms with Crippen LogP contribution in [0.25, 0.3) is 10.2 Å². The molecule has 0 aliphatic rings. The minimum atomic E-state index is -0.235. The first-order valence-corrected chi connectivity index (χ1v) is 10.2. The monoisotopic (exact) mass is 398 g/mol. The molecule has 0 unspecified atom stereocenters. The van der Waals surface area contributed by atoms with Gasteiger partial charge >= 0.3 is 0 Å². The van der Waals surface area contributed by atoms with Crippen molar-refractivity contribution >= 4 is 32.6 Å². The number of nitrogens with one attached hydrogen (secondary N) is 1. The first-order valence-electron chi connectivity index (χ1n) is 9.42. The van der Waals surface area contributed by atoms with Gasteiger partial charge in [0.25, 0.3) is 5.91 Å². The number of amides is 1. The predicted molar refractivity (Wildman–Crippen MR) is 115 cm³/mol. The number of benzene rings is 2. The van der Waals surface area contributed by atoms with Gasteiger partial charge in [-0.15, -0.1) is 0 Å². The van der Waals surface area contributed by atoms with Crippen molar-refractivity contribution in [2.45, 2.75) is 39.5 Å². The first-order chi connectivity index (χ1) is 13.3. The summed E-state index contributed by atoms with van der Waals surface area (Å²) in [5.74, 6) is 1.25. The number of ether oxygens (including phenoxy) is 2. The summed E-state index contributed by atoms with van der Waals surface area (Å²) in [4.78, 5) is 16.6. The summed E-state index contributed by atoms with van der Waals surface area (Å²) in [6.07, 6.45) is 0.959. The van der Waals surface area contributed by atoms with Crippen molar-refractivity contribution in [2.24, 2.45) is 0 Å². The third-order valence-corrected chi connectivity index (χ3v) is 5.10. The van der Waals surface area contributed by atoms with Crippen LogP contribution < -0.4 is 14.8 Å². The maximum atomic E-state index is 12.2. The average molecular weight is 399 g/mol. The van der Waals surface area contributed by atoms with Crippen LogP contribution in [0.4, 0.5) is 5.13 Å². The van der Waals surface area contributed by atoms with Gasteiger partial charge < -0.3 is 9.47 Å². The Morgan fingerprint density at radius 2 is 1.79 bits per heavy atom. The van der Waals surface area contributed by atoms with Gasteiger partial charge in [-0.1, -0.05) is 51.2 Å². The number of hydrogen-bond donors (Lipinski definition) is 1. The number of thiazole rings is 1. The Morgan fingerprint density at radius 1 is 1.07 bits per heavy atom. The summed E-state index contributed by atoms with van der Waals surface area (Å²) >= 11 is 1.42. The quantitative estimate of drug-likeness (QED) is 0.579. The van der Waals surface area contributed by atoms with Crippen LogP contribution in [-0.2, 0) is 10.2 Å². The smallest absolute Gasteiger partial charge is 0.264 e. The predicted octanol–water partition coefficient (Wildman–Crippen LogP) is 5.40. The first kappa shape index (κ1) is 20.1. The van der Waals surface area contributed by atoms with Crippen LogP contribution in [0.15, 0.2) is 42.5 Å². The number of carbonyl (C=O) groups is 1. The van der Waals surface area contributed by atoms with Crippen LogP contribution in [-0.4, -0.2) is 24.1 Å². The van der Waals surface area contributed by atoms with Crippen LogP contribution in [0.1, 0.15) is 39.7 Å². The fourth-order valence-corrected chi connectivity index (χ4v) is 3.53. The highest BCUT2D eigenvalue weighted by molar-refractivity contribution is 7.22. The largest absolute Gasteiger partial charge is 0.494 e. The Bertz CT molecular complexity index is 943. The summed E-state index contributed by atoms with van der Waals surface area (Å²) in [6, 6.07) is 13.6. The van der Waals surface area contributed by atoms with E-state index in [2.05, 4.69) is 38.0 Å². The Labute approximate surface area is 169 Å². The molecule has 148 valence electrons. The van der Waals surface area contributed by atoms with Crippen molar-refractivity contribution < 1.29 is 14.3 Å². The summed E-state index contributed by atoms with van der Waals surface area (Å²) in [5.41, 5.74) is 2.15. The van der Waals surface area contributed by atoms with E-state index in [4.69, 9.17) is 9.47 Å². The van der Waals surface area contributed by atoms with E-state index < -0.39 is 0 Å². The highest BCUT2D eigenvalue weighted by Gasteiger charge is 2.13. The maximum Gasteiger partial charge on any atom is 0.264 e. The molecule has 0 aliphatic heterocycles. The fourth-order valence-electron chi connectivity index (χ4n) is 2.62. The lowest BCUT2D eigenvalue weighted by Gasteiger charge is -2.19. The minimum Gasteiger partial charge on any atom is -0.494 e. The molecule has 3 rings (SSSR count). The van der Waals surface area contributed by atoms with Gasteiger partial charge in [-0.2, -0.15) is 0 Å². The zero-order chi connectivity index (χ0) is 20.1. The molecule has 1 heterocycles. The van der Waals surface area contributed by atoms with Gasteiger partial charge in [0.15, 0.2) is 11.7 Å². The molecule has 6 heteroatoms. The summed E-state index contributed by atoms with van der Waals surface area (Å²) in [5, 5.41) is 3.36. The lowest BCUT2D eigenvalue weighted by molar-refractivity contribution is -0.118. The lowest BCUT2D eigenvalue weighted by atomic mass is 9.87. The molecule has 0 saturated heterocycles. The van der Waals surface area contributed by atoms with E-state index in [1.54, 1.807) is 0 Å². The molecule has 1 aromatic heterocycles. The lowest BCUT2D eigenvalue weighted by Crippen LogP contribution is -2.20. The number of aromatic nitrogens is 1. The molecule has 2 aromatic carbocycles. The number of rotatable bonds is 7. The van der Waals surface area contributed by atoms with Crippen molar-refractivity contribution in [3.8, 4) is 11.5 Å². The molecule has 0 atom stereocenters. The summed E-state index contributed by atoms with van der Waals surface area (Å²) < 4.78 is 12.2. The van der Waals surface area contributed by atoms with E-state index in [0.29, 0.717) is 17.5 Å². The van der Waals surface area contributed by atoms with Gasteiger partial charge in [-0.3, -0.25) is 10.1 Å². The van der Waals surface area contributed by atoms with E-state index in [0.717, 1.165) is 22.4 Å². The van der Waals surface area contributed by atoms with Crippen molar-refractivity contribution in [2.75, 3.05) is 18.5 Å². The topological polar surface area (TPSA) is 60.5 Å². The average Bonchev–Trinajstić information content (AvgIpc) is 3.05. The van der Waals surface area contributed by atoms with Gasteiger partial charge in [0.05, 0.1) is 16.8 Å². The highest BCUT2D eigenvalue weighted by atomic mass is 32.1. The minimum absolute atomic E-state index is 0.0599. The van der Waals surface area contributed by atoms with Gasteiger partial charge in [0.2, 0.25) is 0 Å². The Balaban J connectivity index is 1.57. The Morgan fingerprint density at radius 3 is 2.46 bits per heavy atom. The number of carbonyl (C=O) groups excluding carboxylic acids is 1. The van der Waals surface area contributed by atoms with E-state index in [9.17, 15) is 4.79 Å². The molecular formula is C22H26N2O3S. The molecule has 0 bridgehead atoms. The Hall–Kier alpha value is -2.60. The van der Waals surface area contributed by atoms with Crippen molar-refractivity contribution in [3.05, 3.63) is 48.0 Å². The van der Waals surface area contributed by atoms with Gasteiger partial charge in [0, 0.05) is 0 Å². The molecule has 1 N–H and O–H groups in total. The van der Waals surface area contributed by atoms with E-state index in [1.807, 2.05) is 42.5 Å². The van der Waals surface area contributed by atoms with Crippen LogP contribution in [0.2, 0.25) is 0 Å². The molecule has 5 nitrogen and oxygen atoms in total. The second-order valence-electron chi connectivity index (χ2n) is 7.61. The van der Waals surface area contributed by atoms with Crippen molar-refractivity contribution in [1.82, 2.24) is 4.98 Å². The zero-order valence-electron chi connectivity index (χ0n) is 16.7. The number of nitrogens with zero attached hydrogens (tertiary/aromatic N) is 1. The molecule has 0 radical (unpaired) electrons. The number of anilines is 1. The standard InChI is InChI=1S/C22H26N2O3S/c1-5-12-26-17-10-11-18-19(13-17)28-21(23-18)24-20(25)14-27-16-8-6-15(7-9-16)22(2,3)4/h6-11,13H,5,12,14H2,1-4H3,(H,23,24,25). The van der Waals surface area contributed by atoms with Crippen LogP contribution in [0.5, 0.6) is 11.5 Å². The van der Waals surface area contributed by atoms with Gasteiger partial charge in [-0.05, 0) is 47.7 Å². The summed E-state index contributed by atoms with van der Waals surface area (Å²) in [6.45, 7) is 9.17. The third-order valence-electron chi connectivity index (χ3n) is 4.17. The van der Waals surface area contributed by atoms with E-state index in [1.165, 1.54) is 16.9 Å². The molecule has 3 aromatic rings. The van der Waals surface area contributed by atoms with E-state index in [-0.39, 0.29) is 17.9 Å². The third kappa shape index (κ3) is 5.23. The Kier molecular flexibility index (Phi) is 6.19. The fraction of sp³-hybridized carbons (Fsp3) is 0.364. The molecule has 28 heavy (non-hydrogen) atoms. The second kappa shape index (κ2) is 8.61. The number of hydrogen-bond acceptors (Lipinski definition) is 5. The molecule has 0 saturated carbocycles. The van der Waals surface area contributed by atoms with Crippen LogP contribution >= 0.6 is 11.3 Å². The number of fused-ring (bicyclic) bond motifs is 1. The highest BCUT2D eigenvalue weighted by Crippen LogP contribution is 2.29. The molecule has 0 aliphatic carbocycles. The molecule has 0 spiro atoms. The van der Waals surface area contributed by atoms with E-state index >= 15 is 0 Å². The zero-order valence-corrected chi connectivity index (χ0v) is 17.6. The van der Waals surface area contributed by atoms with Crippen molar-refractivity contribution in [3.63, 3.8) is 0 Å². The SMILES string of the molecule is CCCOc1ccc2nc(NC(=O)COc3ccc(C(C)(C)C)cc3)sc2c1. The van der Waals surface area contributed by atoms with Crippen LogP contribution in [0, 0.1) is 0 Å². The summed E-state index contributed by atoms with van der Waals surface area (Å²) in [7, 11) is 0. The van der Waals surface area contributed by atoms with Crippen molar-refractivity contribution in [1.29, 1.82) is 0 Å². The van der Waals surface area contributed by atoms with Gasteiger partial charge in [0.1, 0.15) is 11.5 Å². The molecule has 1 amide bonds. The second-order valence-corrected chi connectivity index (χ2v) is 8.64. The van der Waals surface area contributed by atoms with Gasteiger partial charge in [-0.25, -0.2) is 4.98 Å². The molecule has 0 fully saturated rings. The normalized spacial score (nSPS) is 11.4. The molecular weight excluding hydrogens is 372 g/mol.